The minimum absolute atomic E-state index is 1.10. The van der Waals surface area contributed by atoms with Crippen molar-refractivity contribution in [1.29, 1.82) is 0 Å². The van der Waals surface area contributed by atoms with Crippen molar-refractivity contribution in [2.24, 2.45) is 0 Å². The Balaban J connectivity index is 1.66. The molecule has 0 aliphatic carbocycles. The fourth-order valence-electron chi connectivity index (χ4n) is 2.67. The van der Waals surface area contributed by atoms with E-state index in [1.54, 1.807) is 0 Å². The molecular weight excluding hydrogens is 198 g/mol. The third kappa shape index (κ3) is 3.89. The summed E-state index contributed by atoms with van der Waals surface area (Å²) < 4.78 is 0. The highest BCUT2D eigenvalue weighted by Crippen LogP contribution is 2.10. The van der Waals surface area contributed by atoms with Crippen LogP contribution < -0.4 is 5.32 Å². The Labute approximate surface area is 99.5 Å². The Morgan fingerprint density at radius 1 is 0.875 bits per heavy atom. The molecule has 2 heterocycles. The minimum Gasteiger partial charge on any atom is -0.314 e. The largest absolute Gasteiger partial charge is 0.314 e. The first-order valence-electron chi connectivity index (χ1n) is 6.67. The van der Waals surface area contributed by atoms with E-state index in [0.717, 1.165) is 26.2 Å². The van der Waals surface area contributed by atoms with Gasteiger partial charge in [-0.1, -0.05) is 13.0 Å². The molecular formula is C13H25N3. The van der Waals surface area contributed by atoms with E-state index in [1.165, 1.54) is 51.0 Å². The maximum absolute atomic E-state index is 4.24. The van der Waals surface area contributed by atoms with Crippen LogP contribution in [0.5, 0.6) is 0 Å². The van der Waals surface area contributed by atoms with Gasteiger partial charge in [-0.2, -0.15) is 0 Å². The first-order chi connectivity index (χ1) is 7.84. The third-order valence-electron chi connectivity index (χ3n) is 3.55. The van der Waals surface area contributed by atoms with E-state index in [4.69, 9.17) is 0 Å². The molecule has 0 atom stereocenters. The molecule has 0 aromatic heterocycles. The van der Waals surface area contributed by atoms with Gasteiger partial charge in [-0.15, -0.1) is 0 Å². The lowest BCUT2D eigenvalue weighted by atomic mass is 10.1. The van der Waals surface area contributed by atoms with Gasteiger partial charge >= 0.3 is 0 Å². The van der Waals surface area contributed by atoms with Crippen molar-refractivity contribution in [2.75, 3.05) is 52.4 Å². The smallest absolute Gasteiger partial charge is 0.0204 e. The van der Waals surface area contributed by atoms with Gasteiger partial charge in [0.15, 0.2) is 0 Å². The summed E-state index contributed by atoms with van der Waals surface area (Å²) in [6, 6.07) is 0. The number of hydrogen-bond acceptors (Lipinski definition) is 3. The van der Waals surface area contributed by atoms with E-state index in [9.17, 15) is 0 Å². The quantitative estimate of drug-likeness (QED) is 0.716. The van der Waals surface area contributed by atoms with Crippen molar-refractivity contribution in [3.63, 3.8) is 0 Å². The van der Waals surface area contributed by atoms with Crippen molar-refractivity contribution >= 4 is 0 Å². The topological polar surface area (TPSA) is 18.5 Å². The van der Waals surface area contributed by atoms with Gasteiger partial charge in [0.05, 0.1) is 0 Å². The number of hydrogen-bond donors (Lipinski definition) is 1. The lowest BCUT2D eigenvalue weighted by Crippen LogP contribution is -2.45. The van der Waals surface area contributed by atoms with Gasteiger partial charge in [0.2, 0.25) is 0 Å². The second-order valence-electron chi connectivity index (χ2n) is 5.11. The predicted octanol–water partition coefficient (Wildman–Crippen LogP) is 0.934. The van der Waals surface area contributed by atoms with E-state index in [0.29, 0.717) is 0 Å². The highest BCUT2D eigenvalue weighted by molar-refractivity contribution is 5.01. The average Bonchev–Trinajstić information content (AvgIpc) is 2.31. The van der Waals surface area contributed by atoms with Crippen molar-refractivity contribution in [3.8, 4) is 0 Å². The Kier molecular flexibility index (Phi) is 4.82. The molecule has 2 aliphatic heterocycles. The fraction of sp³-hybridized carbons (Fsp3) is 0.846. The van der Waals surface area contributed by atoms with E-state index < -0.39 is 0 Å². The van der Waals surface area contributed by atoms with Crippen LogP contribution in [0.15, 0.2) is 12.2 Å². The second kappa shape index (κ2) is 6.38. The molecule has 2 rings (SSSR count). The van der Waals surface area contributed by atoms with Crippen LogP contribution in [0.2, 0.25) is 0 Å². The highest BCUT2D eigenvalue weighted by atomic mass is 15.2. The van der Waals surface area contributed by atoms with Gasteiger partial charge in [-0.05, 0) is 31.5 Å². The first-order valence-corrected chi connectivity index (χ1v) is 6.67. The van der Waals surface area contributed by atoms with E-state index in [2.05, 4.69) is 21.7 Å². The molecule has 3 nitrogen and oxygen atoms in total. The summed E-state index contributed by atoms with van der Waals surface area (Å²) in [5, 5.41) is 3.39. The van der Waals surface area contributed by atoms with Crippen LogP contribution in [0.4, 0.5) is 0 Å². The minimum atomic E-state index is 1.10. The lowest BCUT2D eigenvalue weighted by molar-refractivity contribution is 0.224. The van der Waals surface area contributed by atoms with E-state index in [-0.39, 0.29) is 0 Å². The van der Waals surface area contributed by atoms with Gasteiger partial charge in [0.25, 0.3) is 0 Å². The number of nitrogens with zero attached hydrogens (tertiary/aromatic N) is 2. The van der Waals surface area contributed by atoms with Gasteiger partial charge in [-0.3, -0.25) is 9.80 Å². The summed E-state index contributed by atoms with van der Waals surface area (Å²) >= 11 is 0. The van der Waals surface area contributed by atoms with Crippen molar-refractivity contribution < 1.29 is 0 Å². The molecule has 2 aliphatic rings. The van der Waals surface area contributed by atoms with E-state index in [1.807, 2.05) is 0 Å². The Morgan fingerprint density at radius 2 is 1.44 bits per heavy atom. The first kappa shape index (κ1) is 12.1. The molecule has 0 spiro atoms. The lowest BCUT2D eigenvalue weighted by Gasteiger charge is -2.31. The molecule has 1 N–H and O–H groups in total. The summed E-state index contributed by atoms with van der Waals surface area (Å²) in [6.45, 7) is 13.6. The molecule has 0 aromatic carbocycles. The van der Waals surface area contributed by atoms with Crippen LogP contribution in [-0.2, 0) is 0 Å². The summed E-state index contributed by atoms with van der Waals surface area (Å²) in [5.41, 5.74) is 1.39. The number of rotatable bonds is 4. The summed E-state index contributed by atoms with van der Waals surface area (Å²) in [5.74, 6) is 0. The highest BCUT2D eigenvalue weighted by Gasteiger charge is 2.14. The monoisotopic (exact) mass is 223 g/mol. The molecule has 0 bridgehead atoms. The molecule has 0 amide bonds. The van der Waals surface area contributed by atoms with Gasteiger partial charge in [0, 0.05) is 39.3 Å². The molecule has 2 saturated heterocycles. The SMILES string of the molecule is C=C(CN1CCCCC1)CN1CCNCC1. The standard InChI is InChI=1S/C13H25N3/c1-13(11-15-7-3-2-4-8-15)12-16-9-5-14-6-10-16/h14H,1-12H2. The second-order valence-corrected chi connectivity index (χ2v) is 5.11. The van der Waals surface area contributed by atoms with Crippen LogP contribution in [0.3, 0.4) is 0 Å². The summed E-state index contributed by atoms with van der Waals surface area (Å²) in [6.07, 6.45) is 4.17. The normalized spacial score (nSPS) is 24.5. The van der Waals surface area contributed by atoms with Crippen LogP contribution in [0.1, 0.15) is 19.3 Å². The maximum Gasteiger partial charge on any atom is 0.0204 e. The Bertz CT molecular complexity index is 193. The average molecular weight is 223 g/mol. The van der Waals surface area contributed by atoms with Crippen LogP contribution >= 0.6 is 0 Å². The number of nitrogens with one attached hydrogen (secondary N) is 1. The zero-order valence-electron chi connectivity index (χ0n) is 10.4. The van der Waals surface area contributed by atoms with Gasteiger partial charge in [0.1, 0.15) is 0 Å². The Hall–Kier alpha value is -0.380. The van der Waals surface area contributed by atoms with Crippen molar-refractivity contribution in [1.82, 2.24) is 15.1 Å². The van der Waals surface area contributed by atoms with Crippen LogP contribution in [0.25, 0.3) is 0 Å². The van der Waals surface area contributed by atoms with Crippen molar-refractivity contribution in [2.45, 2.75) is 19.3 Å². The zero-order valence-corrected chi connectivity index (χ0v) is 10.4. The Morgan fingerprint density at radius 3 is 2.06 bits per heavy atom. The molecule has 2 fully saturated rings. The number of piperazine rings is 1. The summed E-state index contributed by atoms with van der Waals surface area (Å²) in [7, 11) is 0. The third-order valence-corrected chi connectivity index (χ3v) is 3.55. The molecule has 0 aromatic rings. The zero-order chi connectivity index (χ0) is 11.2. The van der Waals surface area contributed by atoms with Gasteiger partial charge in [-0.25, -0.2) is 0 Å². The number of likely N-dealkylation sites (tertiary alicyclic amines) is 1. The van der Waals surface area contributed by atoms with Crippen molar-refractivity contribution in [3.05, 3.63) is 12.2 Å². The molecule has 3 heteroatoms. The number of piperidine rings is 1. The molecule has 0 unspecified atom stereocenters. The maximum atomic E-state index is 4.24. The molecule has 92 valence electrons. The molecule has 0 radical (unpaired) electrons. The molecule has 0 saturated carbocycles. The fourth-order valence-corrected chi connectivity index (χ4v) is 2.67. The predicted molar refractivity (Wildman–Crippen MR) is 68.7 cm³/mol. The summed E-state index contributed by atoms with van der Waals surface area (Å²) in [4.78, 5) is 5.08. The van der Waals surface area contributed by atoms with Crippen LogP contribution in [0, 0.1) is 0 Å². The molecule has 16 heavy (non-hydrogen) atoms. The van der Waals surface area contributed by atoms with E-state index >= 15 is 0 Å². The van der Waals surface area contributed by atoms with Gasteiger partial charge < -0.3 is 5.32 Å². The van der Waals surface area contributed by atoms with Crippen LogP contribution in [-0.4, -0.2) is 62.2 Å².